The fraction of sp³-hybridized carbons (Fsp3) is 0.133. The Bertz CT molecular complexity index is 599. The molecule has 0 saturated heterocycles. The molecular weight excluding hydrogens is 256 g/mol. The predicted molar refractivity (Wildman–Crippen MR) is 78.0 cm³/mol. The van der Waals surface area contributed by atoms with Gasteiger partial charge in [0.2, 0.25) is 0 Å². The maximum atomic E-state index is 11.8. The number of hydrogen-bond acceptors (Lipinski definition) is 4. The Labute approximate surface area is 117 Å². The Morgan fingerprint density at radius 1 is 1.10 bits per heavy atom. The van der Waals surface area contributed by atoms with Crippen LogP contribution >= 0.6 is 0 Å². The Hall–Kier alpha value is -2.69. The summed E-state index contributed by atoms with van der Waals surface area (Å²) in [4.78, 5) is 11.8. The summed E-state index contributed by atoms with van der Waals surface area (Å²) in [5.41, 5.74) is 6.83. The Balaban J connectivity index is 1.95. The molecule has 0 atom stereocenters. The number of amides is 1. The minimum absolute atomic E-state index is 0.119. The number of hydrogen-bond donors (Lipinski definition) is 2. The molecule has 0 aliphatic carbocycles. The number of methoxy groups -OCH3 is 1. The smallest absolute Gasteiger partial charge is 0.262 e. The third-order valence-corrected chi connectivity index (χ3v) is 2.66. The largest absolute Gasteiger partial charge is 0.495 e. The van der Waals surface area contributed by atoms with Gasteiger partial charge in [-0.2, -0.15) is 0 Å². The maximum absolute atomic E-state index is 11.8. The molecule has 0 saturated carbocycles. The highest BCUT2D eigenvalue weighted by atomic mass is 16.5. The minimum atomic E-state index is -0.280. The Morgan fingerprint density at radius 3 is 2.45 bits per heavy atom. The average Bonchev–Trinajstić information content (AvgIpc) is 2.47. The summed E-state index contributed by atoms with van der Waals surface area (Å²) >= 11 is 0. The van der Waals surface area contributed by atoms with Crippen LogP contribution in [0.2, 0.25) is 0 Å². The van der Waals surface area contributed by atoms with E-state index in [4.69, 9.17) is 15.2 Å². The maximum Gasteiger partial charge on any atom is 0.262 e. The van der Waals surface area contributed by atoms with Crippen molar-refractivity contribution in [3.63, 3.8) is 0 Å². The summed E-state index contributed by atoms with van der Waals surface area (Å²) < 4.78 is 10.5. The molecule has 0 bridgehead atoms. The molecule has 2 aromatic carbocycles. The topological polar surface area (TPSA) is 73.6 Å². The lowest BCUT2D eigenvalue weighted by Gasteiger charge is -2.11. The quantitative estimate of drug-likeness (QED) is 0.819. The van der Waals surface area contributed by atoms with Crippen LogP contribution in [0.3, 0.4) is 0 Å². The van der Waals surface area contributed by atoms with Crippen LogP contribution in [0.4, 0.5) is 11.4 Å². The zero-order valence-corrected chi connectivity index (χ0v) is 11.1. The second-order valence-corrected chi connectivity index (χ2v) is 4.07. The van der Waals surface area contributed by atoms with Gasteiger partial charge in [0, 0.05) is 0 Å². The van der Waals surface area contributed by atoms with Gasteiger partial charge in [-0.3, -0.25) is 4.79 Å². The van der Waals surface area contributed by atoms with Crippen LogP contribution in [0.15, 0.2) is 48.5 Å². The van der Waals surface area contributed by atoms with E-state index in [1.807, 2.05) is 12.1 Å². The summed E-state index contributed by atoms with van der Waals surface area (Å²) in [6.45, 7) is -0.119. The highest BCUT2D eigenvalue weighted by Crippen LogP contribution is 2.23. The monoisotopic (exact) mass is 272 g/mol. The number of para-hydroxylation sites is 4. The number of nitrogens with one attached hydrogen (secondary N) is 1. The van der Waals surface area contributed by atoms with Crippen LogP contribution in [-0.4, -0.2) is 19.6 Å². The first-order chi connectivity index (χ1) is 9.70. The highest BCUT2D eigenvalue weighted by molar-refractivity contribution is 5.93. The van der Waals surface area contributed by atoms with Crippen LogP contribution in [0.5, 0.6) is 11.5 Å². The predicted octanol–water partition coefficient (Wildman–Crippen LogP) is 2.29. The van der Waals surface area contributed by atoms with Gasteiger partial charge in [0.1, 0.15) is 11.5 Å². The molecule has 0 heterocycles. The van der Waals surface area contributed by atoms with E-state index in [1.54, 1.807) is 43.5 Å². The van der Waals surface area contributed by atoms with Gasteiger partial charge in [0.25, 0.3) is 5.91 Å². The second kappa shape index (κ2) is 6.47. The number of benzene rings is 2. The summed E-state index contributed by atoms with van der Waals surface area (Å²) in [5.74, 6) is 0.806. The SMILES string of the molecule is COc1ccccc1NC(=O)COc1ccccc1N. The van der Waals surface area contributed by atoms with Gasteiger partial charge in [0.05, 0.1) is 18.5 Å². The standard InChI is InChI=1S/C15H16N2O3/c1-19-14-9-5-3-7-12(14)17-15(18)10-20-13-8-4-2-6-11(13)16/h2-9H,10,16H2,1H3,(H,17,18). The number of nitrogens with two attached hydrogens (primary N) is 1. The molecular formula is C15H16N2O3. The second-order valence-electron chi connectivity index (χ2n) is 4.07. The molecule has 0 spiro atoms. The van der Waals surface area contributed by atoms with E-state index in [-0.39, 0.29) is 12.5 Å². The van der Waals surface area contributed by atoms with Crippen molar-refractivity contribution in [2.45, 2.75) is 0 Å². The van der Waals surface area contributed by atoms with E-state index in [9.17, 15) is 4.79 Å². The van der Waals surface area contributed by atoms with Crippen molar-refractivity contribution < 1.29 is 14.3 Å². The van der Waals surface area contributed by atoms with Crippen molar-refractivity contribution in [1.82, 2.24) is 0 Å². The van der Waals surface area contributed by atoms with Gasteiger partial charge in [-0.25, -0.2) is 0 Å². The van der Waals surface area contributed by atoms with Crippen LogP contribution in [0.25, 0.3) is 0 Å². The van der Waals surface area contributed by atoms with Crippen molar-refractivity contribution >= 4 is 17.3 Å². The molecule has 0 aliphatic rings. The number of nitrogen functional groups attached to an aromatic ring is 1. The Kier molecular flexibility index (Phi) is 4.44. The zero-order chi connectivity index (χ0) is 14.4. The number of anilines is 2. The average molecular weight is 272 g/mol. The lowest BCUT2D eigenvalue weighted by atomic mass is 10.3. The van der Waals surface area contributed by atoms with E-state index < -0.39 is 0 Å². The van der Waals surface area contributed by atoms with Crippen molar-refractivity contribution in [1.29, 1.82) is 0 Å². The van der Waals surface area contributed by atoms with Crippen molar-refractivity contribution in [3.8, 4) is 11.5 Å². The third kappa shape index (κ3) is 3.41. The van der Waals surface area contributed by atoms with Gasteiger partial charge in [-0.15, -0.1) is 0 Å². The summed E-state index contributed by atoms with van der Waals surface area (Å²) in [5, 5.41) is 2.72. The summed E-state index contributed by atoms with van der Waals surface area (Å²) in [7, 11) is 1.55. The first-order valence-corrected chi connectivity index (χ1v) is 6.11. The molecule has 2 rings (SSSR count). The van der Waals surface area contributed by atoms with Crippen LogP contribution in [0.1, 0.15) is 0 Å². The number of ether oxygens (including phenoxy) is 2. The van der Waals surface area contributed by atoms with Gasteiger partial charge in [0.15, 0.2) is 6.61 Å². The summed E-state index contributed by atoms with van der Waals surface area (Å²) in [6.07, 6.45) is 0. The molecule has 5 nitrogen and oxygen atoms in total. The zero-order valence-electron chi connectivity index (χ0n) is 11.1. The van der Waals surface area contributed by atoms with Gasteiger partial charge < -0.3 is 20.5 Å². The van der Waals surface area contributed by atoms with Crippen LogP contribution < -0.4 is 20.5 Å². The van der Waals surface area contributed by atoms with Gasteiger partial charge in [-0.05, 0) is 24.3 Å². The van der Waals surface area contributed by atoms with E-state index in [0.29, 0.717) is 22.9 Å². The number of carbonyl (C=O) groups is 1. The van der Waals surface area contributed by atoms with Crippen LogP contribution in [-0.2, 0) is 4.79 Å². The van der Waals surface area contributed by atoms with Gasteiger partial charge in [-0.1, -0.05) is 24.3 Å². The molecule has 0 radical (unpaired) electrons. The van der Waals surface area contributed by atoms with E-state index in [2.05, 4.69) is 5.32 Å². The lowest BCUT2D eigenvalue weighted by molar-refractivity contribution is -0.118. The molecule has 0 unspecified atom stereocenters. The van der Waals surface area contributed by atoms with Crippen molar-refractivity contribution in [3.05, 3.63) is 48.5 Å². The molecule has 1 amide bonds. The first-order valence-electron chi connectivity index (χ1n) is 6.11. The van der Waals surface area contributed by atoms with Crippen molar-refractivity contribution in [2.24, 2.45) is 0 Å². The number of rotatable bonds is 5. The van der Waals surface area contributed by atoms with Gasteiger partial charge >= 0.3 is 0 Å². The van der Waals surface area contributed by atoms with Crippen LogP contribution in [0, 0.1) is 0 Å². The molecule has 2 aromatic rings. The molecule has 3 N–H and O–H groups in total. The molecule has 104 valence electrons. The molecule has 20 heavy (non-hydrogen) atoms. The lowest BCUT2D eigenvalue weighted by Crippen LogP contribution is -2.20. The molecule has 0 fully saturated rings. The number of carbonyl (C=O) groups excluding carboxylic acids is 1. The summed E-state index contributed by atoms with van der Waals surface area (Å²) in [6, 6.07) is 14.2. The minimum Gasteiger partial charge on any atom is -0.495 e. The van der Waals surface area contributed by atoms with E-state index in [1.165, 1.54) is 0 Å². The highest BCUT2D eigenvalue weighted by Gasteiger charge is 2.08. The molecule has 0 aromatic heterocycles. The first kappa shape index (κ1) is 13.7. The van der Waals surface area contributed by atoms with E-state index in [0.717, 1.165) is 0 Å². The molecule has 0 aliphatic heterocycles. The normalized spacial score (nSPS) is 9.85. The fourth-order valence-corrected chi connectivity index (χ4v) is 1.69. The van der Waals surface area contributed by atoms with E-state index >= 15 is 0 Å². The third-order valence-electron chi connectivity index (χ3n) is 2.66. The fourth-order valence-electron chi connectivity index (χ4n) is 1.69. The Morgan fingerprint density at radius 2 is 1.75 bits per heavy atom. The van der Waals surface area contributed by atoms with Crippen molar-refractivity contribution in [2.75, 3.05) is 24.8 Å². The molecule has 5 heteroatoms.